The van der Waals surface area contributed by atoms with Gasteiger partial charge in [0.1, 0.15) is 5.01 Å². The van der Waals surface area contributed by atoms with E-state index in [4.69, 9.17) is 4.98 Å². The van der Waals surface area contributed by atoms with Gasteiger partial charge in [-0.2, -0.15) is 0 Å². The van der Waals surface area contributed by atoms with Gasteiger partial charge in [0.2, 0.25) is 0 Å². The molecule has 0 saturated carbocycles. The summed E-state index contributed by atoms with van der Waals surface area (Å²) < 4.78 is 3.40. The van der Waals surface area contributed by atoms with Crippen LogP contribution in [0.3, 0.4) is 0 Å². The molecule has 2 nitrogen and oxygen atoms in total. The Morgan fingerprint density at radius 3 is 2.71 bits per heavy atom. The highest BCUT2D eigenvalue weighted by atomic mass is 32.1. The van der Waals surface area contributed by atoms with Crippen molar-refractivity contribution in [3.63, 3.8) is 0 Å². The van der Waals surface area contributed by atoms with Crippen molar-refractivity contribution in [3.8, 4) is 16.3 Å². The van der Waals surface area contributed by atoms with Crippen LogP contribution in [0.1, 0.15) is 0 Å². The fourth-order valence-electron chi connectivity index (χ4n) is 3.04. The summed E-state index contributed by atoms with van der Waals surface area (Å²) in [6.45, 7) is 0. The summed E-state index contributed by atoms with van der Waals surface area (Å²) in [6, 6.07) is 28.2. The van der Waals surface area contributed by atoms with Crippen molar-refractivity contribution < 1.29 is 0 Å². The van der Waals surface area contributed by atoms with Gasteiger partial charge in [0, 0.05) is 23.2 Å². The topological polar surface area (TPSA) is 17.8 Å². The van der Waals surface area contributed by atoms with Crippen molar-refractivity contribution in [2.24, 2.45) is 0 Å². The number of nitrogens with zero attached hydrogens (tertiary/aromatic N) is 2. The molecule has 5 aromatic rings. The molecule has 2 aromatic heterocycles. The number of para-hydroxylation sites is 1. The van der Waals surface area contributed by atoms with E-state index in [0.29, 0.717) is 0 Å². The van der Waals surface area contributed by atoms with Gasteiger partial charge in [0.15, 0.2) is 0 Å². The third kappa shape index (κ3) is 2.06. The summed E-state index contributed by atoms with van der Waals surface area (Å²) in [6.07, 6.45) is 2.11. The van der Waals surface area contributed by atoms with E-state index < -0.39 is 0 Å². The Labute approximate surface area is 143 Å². The Kier molecular flexibility index (Phi) is 3.00. The van der Waals surface area contributed by atoms with Crippen LogP contribution in [0.5, 0.6) is 0 Å². The smallest absolute Gasteiger partial charge is 0.124 e. The fraction of sp³-hybridized carbons (Fsp3) is 0. The van der Waals surface area contributed by atoms with Crippen LogP contribution in [0.4, 0.5) is 0 Å². The monoisotopic (exact) mass is 325 g/mol. The van der Waals surface area contributed by atoms with Crippen molar-refractivity contribution in [2.75, 3.05) is 0 Å². The standard InChI is InChI=1S/C21H13N2S/c1-2-8-16(9-3-1)21-22-17-10-6-12-19(20(17)24-21)23-14-13-15-7-4-5-11-18(15)23/h1-10,12-14H. The second-order valence-electron chi connectivity index (χ2n) is 5.67. The van der Waals surface area contributed by atoms with Gasteiger partial charge >= 0.3 is 0 Å². The molecule has 0 aliphatic heterocycles. The van der Waals surface area contributed by atoms with E-state index in [-0.39, 0.29) is 0 Å². The van der Waals surface area contributed by atoms with Gasteiger partial charge in [-0.1, -0.05) is 54.6 Å². The number of hydrogen-bond acceptors (Lipinski definition) is 2. The Hall–Kier alpha value is -2.91. The van der Waals surface area contributed by atoms with Crippen molar-refractivity contribution in [2.45, 2.75) is 0 Å². The van der Waals surface area contributed by atoms with Gasteiger partial charge < -0.3 is 4.57 Å². The van der Waals surface area contributed by atoms with E-state index in [1.807, 2.05) is 18.2 Å². The van der Waals surface area contributed by atoms with Crippen LogP contribution in [0, 0.1) is 6.07 Å². The van der Waals surface area contributed by atoms with Crippen molar-refractivity contribution >= 4 is 32.5 Å². The van der Waals surface area contributed by atoms with Crippen LogP contribution in [0.2, 0.25) is 0 Å². The maximum absolute atomic E-state index is 4.83. The van der Waals surface area contributed by atoms with E-state index >= 15 is 0 Å². The summed E-state index contributed by atoms with van der Waals surface area (Å²) >= 11 is 1.74. The molecule has 0 bridgehead atoms. The van der Waals surface area contributed by atoms with Crippen LogP contribution >= 0.6 is 11.3 Å². The van der Waals surface area contributed by atoms with Gasteiger partial charge in [-0.3, -0.25) is 0 Å². The fourth-order valence-corrected chi connectivity index (χ4v) is 4.12. The van der Waals surface area contributed by atoms with Crippen LogP contribution in [0.15, 0.2) is 79.0 Å². The maximum atomic E-state index is 4.83. The predicted octanol–water partition coefficient (Wildman–Crippen LogP) is 5.71. The minimum Gasteiger partial charge on any atom is -0.314 e. The first kappa shape index (κ1) is 13.5. The number of aromatic nitrogens is 2. The average molecular weight is 325 g/mol. The lowest BCUT2D eigenvalue weighted by molar-refractivity contribution is 1.14. The zero-order valence-corrected chi connectivity index (χ0v) is 13.6. The second-order valence-corrected chi connectivity index (χ2v) is 6.67. The highest BCUT2D eigenvalue weighted by molar-refractivity contribution is 7.22. The molecule has 5 rings (SSSR count). The van der Waals surface area contributed by atoms with Crippen molar-refractivity contribution in [1.82, 2.24) is 9.55 Å². The van der Waals surface area contributed by atoms with E-state index in [1.165, 1.54) is 10.1 Å². The summed E-state index contributed by atoms with van der Waals surface area (Å²) in [7, 11) is 0. The lowest BCUT2D eigenvalue weighted by atomic mass is 10.2. The molecule has 0 spiro atoms. The van der Waals surface area contributed by atoms with Crippen LogP contribution < -0.4 is 0 Å². The minimum absolute atomic E-state index is 1.04. The summed E-state index contributed by atoms with van der Waals surface area (Å²) in [5.74, 6) is 0. The first-order valence-electron chi connectivity index (χ1n) is 7.83. The number of benzene rings is 3. The molecule has 1 radical (unpaired) electrons. The number of rotatable bonds is 2. The summed E-state index contributed by atoms with van der Waals surface area (Å²) in [4.78, 5) is 4.83. The van der Waals surface area contributed by atoms with Gasteiger partial charge in [0.25, 0.3) is 0 Å². The van der Waals surface area contributed by atoms with Gasteiger partial charge in [-0.05, 0) is 18.2 Å². The first-order chi connectivity index (χ1) is 11.9. The lowest BCUT2D eigenvalue weighted by Crippen LogP contribution is -1.91. The first-order valence-corrected chi connectivity index (χ1v) is 8.65. The molecule has 0 N–H and O–H groups in total. The minimum atomic E-state index is 1.04. The molecule has 0 fully saturated rings. The van der Waals surface area contributed by atoms with Crippen LogP contribution in [-0.4, -0.2) is 9.55 Å². The second kappa shape index (κ2) is 5.32. The highest BCUT2D eigenvalue weighted by Gasteiger charge is 2.12. The largest absolute Gasteiger partial charge is 0.314 e. The number of thiazole rings is 1. The summed E-state index contributed by atoms with van der Waals surface area (Å²) in [5, 5.41) is 2.25. The zero-order valence-electron chi connectivity index (χ0n) is 12.8. The molecule has 113 valence electrons. The van der Waals surface area contributed by atoms with Crippen molar-refractivity contribution in [1.29, 1.82) is 0 Å². The molecule has 0 saturated heterocycles. The van der Waals surface area contributed by atoms with Crippen LogP contribution in [-0.2, 0) is 0 Å². The molecular formula is C21H13N2S. The molecule has 3 heteroatoms. The number of fused-ring (bicyclic) bond motifs is 2. The van der Waals surface area contributed by atoms with Gasteiger partial charge in [0.05, 0.1) is 21.4 Å². The molecule has 0 unspecified atom stereocenters. The molecule has 0 aliphatic carbocycles. The van der Waals surface area contributed by atoms with E-state index in [2.05, 4.69) is 71.4 Å². The van der Waals surface area contributed by atoms with Gasteiger partial charge in [-0.15, -0.1) is 11.3 Å². The molecule has 2 heterocycles. The van der Waals surface area contributed by atoms with Gasteiger partial charge in [-0.25, -0.2) is 4.98 Å². The Balaban J connectivity index is 1.76. The predicted molar refractivity (Wildman–Crippen MR) is 101 cm³/mol. The molecular weight excluding hydrogens is 312 g/mol. The zero-order chi connectivity index (χ0) is 15.9. The molecule has 0 atom stereocenters. The SMILES string of the molecule is [c]1cccc2ccn(-c3cccc4nc(-c5ccccc5)sc34)c12. The van der Waals surface area contributed by atoms with E-state index in [0.717, 1.165) is 27.3 Å². The Morgan fingerprint density at radius 2 is 1.79 bits per heavy atom. The third-order valence-corrected chi connectivity index (χ3v) is 5.33. The van der Waals surface area contributed by atoms with E-state index in [1.54, 1.807) is 11.3 Å². The molecule has 0 amide bonds. The molecule has 3 aromatic carbocycles. The summed E-state index contributed by atoms with van der Waals surface area (Å²) in [5.41, 5.74) is 4.45. The Bertz CT molecular complexity index is 1150. The molecule has 24 heavy (non-hydrogen) atoms. The van der Waals surface area contributed by atoms with Crippen molar-refractivity contribution in [3.05, 3.63) is 85.1 Å². The highest BCUT2D eigenvalue weighted by Crippen LogP contribution is 2.35. The quantitative estimate of drug-likeness (QED) is 0.406. The average Bonchev–Trinajstić information content (AvgIpc) is 3.26. The normalized spacial score (nSPS) is 11.3. The number of hydrogen-bond donors (Lipinski definition) is 0. The third-order valence-electron chi connectivity index (χ3n) is 4.18. The lowest BCUT2D eigenvalue weighted by Gasteiger charge is -2.06. The Morgan fingerprint density at radius 1 is 0.875 bits per heavy atom. The molecule has 0 aliphatic rings. The van der Waals surface area contributed by atoms with E-state index in [9.17, 15) is 0 Å². The van der Waals surface area contributed by atoms with Crippen LogP contribution in [0.25, 0.3) is 37.4 Å². The maximum Gasteiger partial charge on any atom is 0.124 e.